The van der Waals surface area contributed by atoms with E-state index in [2.05, 4.69) is 21.2 Å². The lowest BCUT2D eigenvalue weighted by molar-refractivity contribution is 0.282. The molecule has 0 aliphatic carbocycles. The fraction of sp³-hybridized carbons (Fsp3) is 0.217. The van der Waals surface area contributed by atoms with Crippen molar-refractivity contribution in [1.29, 1.82) is 0 Å². The van der Waals surface area contributed by atoms with Crippen molar-refractivity contribution in [3.8, 4) is 11.5 Å². The van der Waals surface area contributed by atoms with Gasteiger partial charge >= 0.3 is 0 Å². The van der Waals surface area contributed by atoms with Crippen LogP contribution in [0.5, 0.6) is 11.5 Å². The van der Waals surface area contributed by atoms with E-state index in [1.54, 1.807) is 13.2 Å². The van der Waals surface area contributed by atoms with Crippen LogP contribution in [0, 0.1) is 0 Å². The number of halogens is 4. The molecule has 0 aliphatic rings. The van der Waals surface area contributed by atoms with Gasteiger partial charge in [0, 0.05) is 21.6 Å². The highest BCUT2D eigenvalue weighted by Crippen LogP contribution is 2.37. The van der Waals surface area contributed by atoms with Gasteiger partial charge in [0.1, 0.15) is 6.61 Å². The largest absolute Gasteiger partial charge is 0.493 e. The zero-order valence-electron chi connectivity index (χ0n) is 16.4. The summed E-state index contributed by atoms with van der Waals surface area (Å²) in [5.74, 6) is 1.35. The average molecular weight is 530 g/mol. The number of hydrogen-bond acceptors (Lipinski definition) is 3. The topological polar surface area (TPSA) is 30.5 Å². The van der Waals surface area contributed by atoms with Crippen LogP contribution in [0.15, 0.2) is 59.1 Å². The van der Waals surface area contributed by atoms with Crippen LogP contribution >= 0.6 is 50.7 Å². The third-order valence-corrected chi connectivity index (χ3v) is 5.93. The standard InChI is InChI=1S/C23H21BrCl3NO2/c1-29-22-11-16(13-28-9-8-17-4-7-19(26)12-21(17)27)10-20(24)23(22)30-14-15-2-5-18(25)6-3-15/h2-7,10-12,28H,8-9,13-14H2,1H3. The third-order valence-electron chi connectivity index (χ3n) is 4.50. The summed E-state index contributed by atoms with van der Waals surface area (Å²) in [6, 6.07) is 17.2. The molecule has 0 amide bonds. The van der Waals surface area contributed by atoms with E-state index in [1.165, 1.54) is 0 Å². The molecule has 0 radical (unpaired) electrons. The first-order valence-electron chi connectivity index (χ1n) is 9.34. The maximum atomic E-state index is 6.23. The minimum Gasteiger partial charge on any atom is -0.493 e. The van der Waals surface area contributed by atoms with Gasteiger partial charge in [-0.3, -0.25) is 0 Å². The van der Waals surface area contributed by atoms with Crippen molar-refractivity contribution in [3.05, 3.63) is 90.8 Å². The summed E-state index contributed by atoms with van der Waals surface area (Å²) in [6.45, 7) is 1.90. The van der Waals surface area contributed by atoms with Crippen molar-refractivity contribution >= 4 is 50.7 Å². The van der Waals surface area contributed by atoms with E-state index in [9.17, 15) is 0 Å². The van der Waals surface area contributed by atoms with Crippen molar-refractivity contribution < 1.29 is 9.47 Å². The zero-order valence-corrected chi connectivity index (χ0v) is 20.2. The molecule has 0 saturated carbocycles. The fourth-order valence-electron chi connectivity index (χ4n) is 2.93. The molecule has 3 aromatic carbocycles. The predicted molar refractivity (Wildman–Crippen MR) is 128 cm³/mol. The van der Waals surface area contributed by atoms with E-state index in [0.717, 1.165) is 34.1 Å². The number of rotatable bonds is 9. The maximum Gasteiger partial charge on any atom is 0.175 e. The highest BCUT2D eigenvalue weighted by atomic mass is 79.9. The average Bonchev–Trinajstić information content (AvgIpc) is 2.72. The second-order valence-electron chi connectivity index (χ2n) is 6.69. The molecule has 0 aromatic heterocycles. The van der Waals surface area contributed by atoms with Gasteiger partial charge in [0.05, 0.1) is 11.6 Å². The summed E-state index contributed by atoms with van der Waals surface area (Å²) in [7, 11) is 1.64. The second-order valence-corrected chi connectivity index (χ2v) is 8.82. The Balaban J connectivity index is 1.58. The van der Waals surface area contributed by atoms with Crippen LogP contribution < -0.4 is 14.8 Å². The van der Waals surface area contributed by atoms with Crippen LogP contribution in [0.2, 0.25) is 15.1 Å². The lowest BCUT2D eigenvalue weighted by atomic mass is 10.1. The molecule has 0 bridgehead atoms. The lowest BCUT2D eigenvalue weighted by Gasteiger charge is -2.15. The quantitative estimate of drug-likeness (QED) is 0.295. The first kappa shape index (κ1) is 23.2. The van der Waals surface area contributed by atoms with Crippen LogP contribution in [0.1, 0.15) is 16.7 Å². The van der Waals surface area contributed by atoms with Crippen LogP contribution in [0.3, 0.4) is 0 Å². The molecule has 0 heterocycles. The third kappa shape index (κ3) is 6.53. The number of hydrogen-bond donors (Lipinski definition) is 1. The molecule has 0 aliphatic heterocycles. The van der Waals surface area contributed by atoms with Gasteiger partial charge in [0.25, 0.3) is 0 Å². The normalized spacial score (nSPS) is 10.8. The number of benzene rings is 3. The highest BCUT2D eigenvalue weighted by Gasteiger charge is 2.12. The van der Waals surface area contributed by atoms with E-state index in [0.29, 0.717) is 39.7 Å². The van der Waals surface area contributed by atoms with Crippen LogP contribution in [-0.2, 0) is 19.6 Å². The molecule has 3 rings (SSSR count). The number of nitrogens with one attached hydrogen (secondary N) is 1. The SMILES string of the molecule is COc1cc(CNCCc2ccc(Cl)cc2Cl)cc(Br)c1OCc1ccc(Cl)cc1. The first-order valence-corrected chi connectivity index (χ1v) is 11.3. The van der Waals surface area contributed by atoms with Gasteiger partial charge in [-0.1, -0.05) is 53.0 Å². The van der Waals surface area contributed by atoms with Crippen LogP contribution in [-0.4, -0.2) is 13.7 Å². The van der Waals surface area contributed by atoms with Crippen molar-refractivity contribution in [2.24, 2.45) is 0 Å². The van der Waals surface area contributed by atoms with Gasteiger partial charge in [0.15, 0.2) is 11.5 Å². The Hall–Kier alpha value is -1.43. The van der Waals surface area contributed by atoms with Gasteiger partial charge in [-0.15, -0.1) is 0 Å². The first-order chi connectivity index (χ1) is 14.5. The fourth-order valence-corrected chi connectivity index (χ4v) is 4.16. The Kier molecular flexibility index (Phi) is 8.72. The van der Waals surface area contributed by atoms with Gasteiger partial charge in [-0.2, -0.15) is 0 Å². The van der Waals surface area contributed by atoms with Crippen molar-refractivity contribution in [2.45, 2.75) is 19.6 Å². The Morgan fingerprint density at radius 3 is 2.33 bits per heavy atom. The van der Waals surface area contributed by atoms with E-state index in [4.69, 9.17) is 44.3 Å². The molecule has 0 spiro atoms. The predicted octanol–water partition coefficient (Wildman–Crippen LogP) is 7.33. The smallest absolute Gasteiger partial charge is 0.175 e. The number of ether oxygens (including phenoxy) is 2. The molecule has 30 heavy (non-hydrogen) atoms. The van der Waals surface area contributed by atoms with E-state index >= 15 is 0 Å². The van der Waals surface area contributed by atoms with Crippen LogP contribution in [0.25, 0.3) is 0 Å². The van der Waals surface area contributed by atoms with Crippen molar-refractivity contribution in [3.63, 3.8) is 0 Å². The highest BCUT2D eigenvalue weighted by molar-refractivity contribution is 9.10. The molecular weight excluding hydrogens is 509 g/mol. The summed E-state index contributed by atoms with van der Waals surface area (Å²) in [6.07, 6.45) is 0.816. The molecule has 0 fully saturated rings. The molecule has 1 N–H and O–H groups in total. The van der Waals surface area contributed by atoms with Crippen molar-refractivity contribution in [2.75, 3.05) is 13.7 Å². The molecule has 3 nitrogen and oxygen atoms in total. The van der Waals surface area contributed by atoms with Crippen molar-refractivity contribution in [1.82, 2.24) is 5.32 Å². The summed E-state index contributed by atoms with van der Waals surface area (Å²) >= 11 is 21.7. The van der Waals surface area contributed by atoms with Gasteiger partial charge in [0.2, 0.25) is 0 Å². The molecule has 3 aromatic rings. The molecular formula is C23H21BrCl3NO2. The Morgan fingerprint density at radius 2 is 1.63 bits per heavy atom. The molecule has 158 valence electrons. The second kappa shape index (κ2) is 11.3. The van der Waals surface area contributed by atoms with Crippen LogP contribution in [0.4, 0.5) is 0 Å². The summed E-state index contributed by atoms with van der Waals surface area (Å²) in [5, 5.41) is 5.47. The Labute approximate surface area is 200 Å². The van der Waals surface area contributed by atoms with Gasteiger partial charge in [-0.05, 0) is 82.0 Å². The van der Waals surface area contributed by atoms with E-state index < -0.39 is 0 Å². The molecule has 0 unspecified atom stereocenters. The minimum atomic E-state index is 0.422. The summed E-state index contributed by atoms with van der Waals surface area (Å²) < 4.78 is 12.4. The monoisotopic (exact) mass is 527 g/mol. The lowest BCUT2D eigenvalue weighted by Crippen LogP contribution is -2.17. The maximum absolute atomic E-state index is 6.23. The Bertz CT molecular complexity index is 996. The van der Waals surface area contributed by atoms with E-state index in [-0.39, 0.29) is 0 Å². The Morgan fingerprint density at radius 1 is 0.900 bits per heavy atom. The van der Waals surface area contributed by atoms with E-state index in [1.807, 2.05) is 48.5 Å². The summed E-state index contributed by atoms with van der Waals surface area (Å²) in [4.78, 5) is 0. The number of methoxy groups -OCH3 is 1. The van der Waals surface area contributed by atoms with Gasteiger partial charge in [-0.25, -0.2) is 0 Å². The molecule has 7 heteroatoms. The molecule has 0 saturated heterocycles. The summed E-state index contributed by atoms with van der Waals surface area (Å²) in [5.41, 5.74) is 3.18. The molecule has 0 atom stereocenters. The minimum absolute atomic E-state index is 0.422. The zero-order chi connectivity index (χ0) is 21.5. The van der Waals surface area contributed by atoms with Gasteiger partial charge < -0.3 is 14.8 Å².